The van der Waals surface area contributed by atoms with Gasteiger partial charge in [-0.3, -0.25) is 4.79 Å². The molecule has 2 heterocycles. The van der Waals surface area contributed by atoms with E-state index in [-0.39, 0.29) is 5.91 Å². The number of para-hydroxylation sites is 2. The van der Waals surface area contributed by atoms with Gasteiger partial charge in [0.25, 0.3) is 5.91 Å². The summed E-state index contributed by atoms with van der Waals surface area (Å²) < 4.78 is 0.651. The van der Waals surface area contributed by atoms with Crippen LogP contribution in [0.3, 0.4) is 0 Å². The molecule has 0 fully saturated rings. The van der Waals surface area contributed by atoms with E-state index in [1.54, 1.807) is 0 Å². The molecule has 0 aliphatic heterocycles. The first-order chi connectivity index (χ1) is 10.7. The Morgan fingerprint density at radius 1 is 1.23 bits per heavy atom. The number of aromatic nitrogens is 3. The van der Waals surface area contributed by atoms with E-state index in [9.17, 15) is 10.0 Å². The Morgan fingerprint density at radius 3 is 2.77 bits per heavy atom. The summed E-state index contributed by atoms with van der Waals surface area (Å²) in [5.41, 5.74) is 2.46. The average molecular weight is 296 g/mol. The summed E-state index contributed by atoms with van der Waals surface area (Å²) in [6.45, 7) is 0.558. The van der Waals surface area contributed by atoms with Crippen molar-refractivity contribution >= 4 is 16.9 Å². The van der Waals surface area contributed by atoms with Gasteiger partial charge in [-0.1, -0.05) is 12.1 Å². The smallest absolute Gasteiger partial charge is 0.251 e. The normalized spacial score (nSPS) is 10.7. The zero-order valence-corrected chi connectivity index (χ0v) is 12.0. The lowest BCUT2D eigenvalue weighted by Crippen LogP contribution is -2.28. The van der Waals surface area contributed by atoms with Gasteiger partial charge in [0.2, 0.25) is 0 Å². The molecule has 6 nitrogen and oxygen atoms in total. The lowest BCUT2D eigenvalue weighted by molar-refractivity contribution is -0.605. The van der Waals surface area contributed by atoms with Crippen LogP contribution in [0.25, 0.3) is 11.0 Å². The van der Waals surface area contributed by atoms with Crippen molar-refractivity contribution in [2.75, 3.05) is 6.54 Å². The number of nitrogens with zero attached hydrogens (tertiary/aromatic N) is 2. The van der Waals surface area contributed by atoms with Crippen molar-refractivity contribution in [1.82, 2.24) is 15.3 Å². The zero-order valence-electron chi connectivity index (χ0n) is 12.0. The number of fused-ring (bicyclic) bond motifs is 1. The van der Waals surface area contributed by atoms with Gasteiger partial charge < -0.3 is 15.5 Å². The van der Waals surface area contributed by atoms with E-state index in [0.717, 1.165) is 29.7 Å². The number of carbonyl (C=O) groups excluding carboxylic acids is 1. The molecule has 0 spiro atoms. The molecule has 2 N–H and O–H groups in total. The highest BCUT2D eigenvalue weighted by Crippen LogP contribution is 2.11. The second kappa shape index (κ2) is 6.26. The lowest BCUT2D eigenvalue weighted by atomic mass is 10.2. The van der Waals surface area contributed by atoms with E-state index in [4.69, 9.17) is 0 Å². The van der Waals surface area contributed by atoms with Crippen LogP contribution in [0.5, 0.6) is 0 Å². The minimum atomic E-state index is -0.176. The maximum atomic E-state index is 11.9. The van der Waals surface area contributed by atoms with Crippen LogP contribution < -0.4 is 10.0 Å². The van der Waals surface area contributed by atoms with E-state index in [0.29, 0.717) is 16.8 Å². The van der Waals surface area contributed by atoms with Gasteiger partial charge >= 0.3 is 0 Å². The van der Waals surface area contributed by atoms with Crippen LogP contribution in [0, 0.1) is 5.21 Å². The monoisotopic (exact) mass is 296 g/mol. The maximum absolute atomic E-state index is 11.9. The number of imidazole rings is 1. The number of H-pyrrole nitrogens is 1. The van der Waals surface area contributed by atoms with Crippen LogP contribution in [0.15, 0.2) is 48.8 Å². The standard InChI is InChI=1S/C16H16N4O2/c21-16(12-7-10-20(22)11-8-12)17-9-3-6-15-18-13-4-1-2-5-14(13)19-15/h1-2,4-5,7-8,10-11H,3,6,9H2,(H,17,21)(H,18,19). The molecular formula is C16H16N4O2. The first-order valence-electron chi connectivity index (χ1n) is 7.13. The number of hydrogen-bond acceptors (Lipinski definition) is 3. The Balaban J connectivity index is 1.49. The summed E-state index contributed by atoms with van der Waals surface area (Å²) >= 11 is 0. The van der Waals surface area contributed by atoms with Gasteiger partial charge in [0, 0.05) is 25.1 Å². The van der Waals surface area contributed by atoms with Crippen molar-refractivity contribution in [1.29, 1.82) is 0 Å². The third-order valence-electron chi connectivity index (χ3n) is 3.38. The summed E-state index contributed by atoms with van der Waals surface area (Å²) in [5, 5.41) is 13.7. The molecule has 6 heteroatoms. The van der Waals surface area contributed by atoms with Crippen LogP contribution in [0.4, 0.5) is 0 Å². The SMILES string of the molecule is O=C(NCCCc1nc2ccccc2[nH]1)c1cc[n+]([O-])cc1. The van der Waals surface area contributed by atoms with Gasteiger partial charge in [0.15, 0.2) is 12.4 Å². The molecule has 1 amide bonds. The fourth-order valence-corrected chi connectivity index (χ4v) is 2.25. The Bertz CT molecular complexity index is 747. The Labute approximate surface area is 127 Å². The summed E-state index contributed by atoms with van der Waals surface area (Å²) in [4.78, 5) is 19.6. The number of nitrogens with one attached hydrogen (secondary N) is 2. The van der Waals surface area contributed by atoms with Gasteiger partial charge in [-0.05, 0) is 18.6 Å². The predicted molar refractivity (Wildman–Crippen MR) is 82.1 cm³/mol. The number of amides is 1. The van der Waals surface area contributed by atoms with Crippen LogP contribution in [0.2, 0.25) is 0 Å². The molecule has 0 atom stereocenters. The van der Waals surface area contributed by atoms with Crippen molar-refractivity contribution in [3.8, 4) is 0 Å². The second-order valence-electron chi connectivity index (χ2n) is 5.01. The molecule has 22 heavy (non-hydrogen) atoms. The van der Waals surface area contributed by atoms with Crippen molar-refractivity contribution in [2.24, 2.45) is 0 Å². The van der Waals surface area contributed by atoms with Crippen molar-refractivity contribution < 1.29 is 9.52 Å². The van der Waals surface area contributed by atoms with Gasteiger partial charge in [-0.15, -0.1) is 0 Å². The third-order valence-corrected chi connectivity index (χ3v) is 3.38. The topological polar surface area (TPSA) is 84.7 Å². The van der Waals surface area contributed by atoms with Crippen molar-refractivity contribution in [2.45, 2.75) is 12.8 Å². The van der Waals surface area contributed by atoms with Crippen LogP contribution in [-0.2, 0) is 6.42 Å². The molecule has 112 valence electrons. The minimum Gasteiger partial charge on any atom is -0.619 e. The van der Waals surface area contributed by atoms with E-state index in [2.05, 4.69) is 15.3 Å². The molecule has 1 aromatic carbocycles. The number of aryl methyl sites for hydroxylation is 1. The highest BCUT2D eigenvalue weighted by molar-refractivity contribution is 5.93. The highest BCUT2D eigenvalue weighted by atomic mass is 16.5. The van der Waals surface area contributed by atoms with Crippen molar-refractivity contribution in [3.63, 3.8) is 0 Å². The molecule has 0 aliphatic carbocycles. The van der Waals surface area contributed by atoms with Gasteiger partial charge in [-0.2, -0.15) is 4.73 Å². The number of aromatic amines is 1. The first kappa shape index (κ1) is 14.1. The molecule has 0 bridgehead atoms. The molecule has 3 rings (SSSR count). The number of hydrogen-bond donors (Lipinski definition) is 2. The Morgan fingerprint density at radius 2 is 2.00 bits per heavy atom. The van der Waals surface area contributed by atoms with E-state index in [1.165, 1.54) is 24.5 Å². The summed E-state index contributed by atoms with van der Waals surface area (Å²) in [6, 6.07) is 10.9. The number of carbonyl (C=O) groups is 1. The molecule has 0 saturated carbocycles. The largest absolute Gasteiger partial charge is 0.619 e. The van der Waals surface area contributed by atoms with E-state index >= 15 is 0 Å². The molecule has 0 unspecified atom stereocenters. The number of benzene rings is 1. The Hall–Kier alpha value is -2.89. The van der Waals surface area contributed by atoms with Gasteiger partial charge in [0.1, 0.15) is 5.82 Å². The van der Waals surface area contributed by atoms with Gasteiger partial charge in [-0.25, -0.2) is 4.98 Å². The Kier molecular flexibility index (Phi) is 4.00. The number of pyridine rings is 1. The second-order valence-corrected chi connectivity index (χ2v) is 5.01. The van der Waals surface area contributed by atoms with Crippen LogP contribution >= 0.6 is 0 Å². The van der Waals surface area contributed by atoms with Crippen molar-refractivity contribution in [3.05, 3.63) is 65.4 Å². The summed E-state index contributed by atoms with van der Waals surface area (Å²) in [7, 11) is 0. The molecule has 0 aliphatic rings. The fraction of sp³-hybridized carbons (Fsp3) is 0.188. The molecule has 2 aromatic heterocycles. The van der Waals surface area contributed by atoms with E-state index in [1.807, 2.05) is 24.3 Å². The molecule has 0 radical (unpaired) electrons. The summed E-state index contributed by atoms with van der Waals surface area (Å²) in [5.74, 6) is 0.743. The maximum Gasteiger partial charge on any atom is 0.251 e. The minimum absolute atomic E-state index is 0.176. The lowest BCUT2D eigenvalue weighted by Gasteiger charge is -2.04. The molecule has 0 saturated heterocycles. The summed E-state index contributed by atoms with van der Waals surface area (Å²) in [6.07, 6.45) is 4.18. The van der Waals surface area contributed by atoms with Crippen LogP contribution in [-0.4, -0.2) is 22.4 Å². The molecular weight excluding hydrogens is 280 g/mol. The predicted octanol–water partition coefficient (Wildman–Crippen LogP) is 1.56. The van der Waals surface area contributed by atoms with Gasteiger partial charge in [0.05, 0.1) is 16.6 Å². The third kappa shape index (κ3) is 3.22. The average Bonchev–Trinajstić information content (AvgIpc) is 2.95. The zero-order chi connectivity index (χ0) is 15.4. The van der Waals surface area contributed by atoms with E-state index < -0.39 is 0 Å². The van der Waals surface area contributed by atoms with Crippen LogP contribution in [0.1, 0.15) is 22.6 Å². The number of rotatable bonds is 5. The first-order valence-corrected chi connectivity index (χ1v) is 7.13. The molecule has 3 aromatic rings. The highest BCUT2D eigenvalue weighted by Gasteiger charge is 2.06. The fourth-order valence-electron chi connectivity index (χ4n) is 2.25. The quantitative estimate of drug-likeness (QED) is 0.425.